The van der Waals surface area contributed by atoms with E-state index < -0.39 is 0 Å². The van der Waals surface area contributed by atoms with Crippen LogP contribution in [0.1, 0.15) is 56.6 Å². The molecule has 0 bridgehead atoms. The van der Waals surface area contributed by atoms with E-state index in [1.165, 1.54) is 24.8 Å². The molecule has 7 heteroatoms. The van der Waals surface area contributed by atoms with E-state index in [0.29, 0.717) is 32.2 Å². The van der Waals surface area contributed by atoms with E-state index in [4.69, 9.17) is 14.5 Å². The number of guanidine groups is 1. The highest BCUT2D eigenvalue weighted by molar-refractivity contribution is 5.80. The lowest BCUT2D eigenvalue weighted by atomic mass is 9.89. The van der Waals surface area contributed by atoms with Crippen LogP contribution in [0, 0.1) is 18.8 Å². The van der Waals surface area contributed by atoms with E-state index in [1.54, 1.807) is 0 Å². The van der Waals surface area contributed by atoms with Crippen molar-refractivity contribution in [1.29, 1.82) is 0 Å². The number of amides is 1. The Morgan fingerprint density at radius 3 is 2.69 bits per heavy atom. The third-order valence-electron chi connectivity index (χ3n) is 6.17. The molecule has 1 saturated carbocycles. The minimum absolute atomic E-state index is 0.196. The lowest BCUT2D eigenvalue weighted by Gasteiger charge is -2.21. The standard InChI is InChI=1S/C25H40N4O3/c1-3-26-25(28-13-12-27-24(30)21-7-5-4-6-8-21)29-16-22-10-9-19(2)15-23(22)32-18-20-11-14-31-17-20/h9-10,15,20-21H,3-8,11-14,16-18H2,1-2H3,(H,27,30)(H2,26,28,29). The fraction of sp³-hybridized carbons (Fsp3) is 0.680. The van der Waals surface area contributed by atoms with Crippen molar-refractivity contribution in [2.75, 3.05) is 39.5 Å². The van der Waals surface area contributed by atoms with Crippen molar-refractivity contribution in [1.82, 2.24) is 16.0 Å². The van der Waals surface area contributed by atoms with E-state index in [9.17, 15) is 4.79 Å². The predicted molar refractivity (Wildman–Crippen MR) is 128 cm³/mol. The van der Waals surface area contributed by atoms with Gasteiger partial charge in [0.1, 0.15) is 5.75 Å². The van der Waals surface area contributed by atoms with Crippen LogP contribution >= 0.6 is 0 Å². The Hall–Kier alpha value is -2.28. The molecular weight excluding hydrogens is 404 g/mol. The number of ether oxygens (including phenoxy) is 2. The summed E-state index contributed by atoms with van der Waals surface area (Å²) in [4.78, 5) is 17.0. The van der Waals surface area contributed by atoms with Crippen LogP contribution in [0.15, 0.2) is 23.2 Å². The van der Waals surface area contributed by atoms with Crippen molar-refractivity contribution in [3.05, 3.63) is 29.3 Å². The first-order valence-corrected chi connectivity index (χ1v) is 12.3. The van der Waals surface area contributed by atoms with Gasteiger partial charge < -0.3 is 25.4 Å². The van der Waals surface area contributed by atoms with E-state index in [0.717, 1.165) is 56.3 Å². The summed E-state index contributed by atoms with van der Waals surface area (Å²) in [6.45, 7) is 8.96. The quantitative estimate of drug-likeness (QED) is 0.293. The van der Waals surface area contributed by atoms with Gasteiger partial charge in [0.25, 0.3) is 0 Å². The Morgan fingerprint density at radius 1 is 1.12 bits per heavy atom. The molecule has 1 heterocycles. The maximum Gasteiger partial charge on any atom is 0.223 e. The summed E-state index contributed by atoms with van der Waals surface area (Å²) in [5, 5.41) is 9.67. The zero-order chi connectivity index (χ0) is 22.6. The normalized spacial score (nSPS) is 19.6. The summed E-state index contributed by atoms with van der Waals surface area (Å²) < 4.78 is 11.6. The summed E-state index contributed by atoms with van der Waals surface area (Å²) >= 11 is 0. The van der Waals surface area contributed by atoms with Crippen LogP contribution in [0.3, 0.4) is 0 Å². The number of hydrogen-bond donors (Lipinski definition) is 3. The average Bonchev–Trinajstić information content (AvgIpc) is 3.33. The lowest BCUT2D eigenvalue weighted by Crippen LogP contribution is -2.42. The first kappa shape index (κ1) is 24.4. The highest BCUT2D eigenvalue weighted by Crippen LogP contribution is 2.24. The van der Waals surface area contributed by atoms with Crippen LogP contribution in [0.25, 0.3) is 0 Å². The van der Waals surface area contributed by atoms with E-state index in [2.05, 4.69) is 41.1 Å². The van der Waals surface area contributed by atoms with E-state index >= 15 is 0 Å². The predicted octanol–water partition coefficient (Wildman–Crippen LogP) is 3.16. The number of benzene rings is 1. The highest BCUT2D eigenvalue weighted by atomic mass is 16.5. The van der Waals surface area contributed by atoms with Gasteiger partial charge in [0.15, 0.2) is 5.96 Å². The number of nitrogens with zero attached hydrogens (tertiary/aromatic N) is 1. The van der Waals surface area contributed by atoms with Gasteiger partial charge in [-0.3, -0.25) is 4.79 Å². The first-order valence-electron chi connectivity index (χ1n) is 12.3. The third-order valence-corrected chi connectivity index (χ3v) is 6.17. The van der Waals surface area contributed by atoms with Crippen LogP contribution in [0.4, 0.5) is 0 Å². The van der Waals surface area contributed by atoms with Crippen molar-refractivity contribution in [2.45, 2.75) is 58.9 Å². The summed E-state index contributed by atoms with van der Waals surface area (Å²) in [5.41, 5.74) is 2.24. The molecule has 1 aliphatic heterocycles. The Bertz CT molecular complexity index is 741. The van der Waals surface area contributed by atoms with Crippen molar-refractivity contribution < 1.29 is 14.3 Å². The Morgan fingerprint density at radius 2 is 1.94 bits per heavy atom. The van der Waals surface area contributed by atoms with Gasteiger partial charge in [-0.15, -0.1) is 0 Å². The monoisotopic (exact) mass is 444 g/mol. The molecule has 1 aromatic rings. The summed E-state index contributed by atoms with van der Waals surface area (Å²) in [7, 11) is 0. The lowest BCUT2D eigenvalue weighted by molar-refractivity contribution is -0.125. The van der Waals surface area contributed by atoms with E-state index in [-0.39, 0.29) is 11.8 Å². The molecule has 1 aromatic carbocycles. The molecule has 1 atom stereocenters. The molecule has 1 aliphatic carbocycles. The number of carbonyl (C=O) groups excluding carboxylic acids is 1. The number of aryl methyl sites for hydroxylation is 1. The second-order valence-corrected chi connectivity index (χ2v) is 8.90. The number of aliphatic imine (C=N–C) groups is 1. The number of rotatable bonds is 10. The summed E-state index contributed by atoms with van der Waals surface area (Å²) in [6, 6.07) is 6.27. The average molecular weight is 445 g/mol. The van der Waals surface area contributed by atoms with Crippen LogP contribution in [-0.2, 0) is 16.1 Å². The molecule has 1 unspecified atom stereocenters. The van der Waals surface area contributed by atoms with E-state index in [1.807, 2.05) is 6.92 Å². The molecule has 7 nitrogen and oxygen atoms in total. The highest BCUT2D eigenvalue weighted by Gasteiger charge is 2.20. The maximum atomic E-state index is 12.3. The number of carbonyl (C=O) groups is 1. The zero-order valence-electron chi connectivity index (χ0n) is 19.8. The molecule has 1 saturated heterocycles. The van der Waals surface area contributed by atoms with Gasteiger partial charge in [0, 0.05) is 43.6 Å². The molecule has 3 rings (SSSR count). The third kappa shape index (κ3) is 8.01. The van der Waals surface area contributed by atoms with Crippen LogP contribution in [0.2, 0.25) is 0 Å². The van der Waals surface area contributed by atoms with Gasteiger partial charge in [-0.05, 0) is 44.7 Å². The van der Waals surface area contributed by atoms with Crippen LogP contribution in [0.5, 0.6) is 5.75 Å². The molecule has 0 radical (unpaired) electrons. The van der Waals surface area contributed by atoms with Gasteiger partial charge in [0.05, 0.1) is 19.8 Å². The number of nitrogens with one attached hydrogen (secondary N) is 3. The smallest absolute Gasteiger partial charge is 0.223 e. The minimum Gasteiger partial charge on any atom is -0.493 e. The second-order valence-electron chi connectivity index (χ2n) is 8.90. The molecular formula is C25H40N4O3. The fourth-order valence-corrected chi connectivity index (χ4v) is 4.23. The van der Waals surface area contributed by atoms with Crippen molar-refractivity contribution >= 4 is 11.9 Å². The Labute approximate surface area is 192 Å². The second kappa shape index (κ2) is 13.3. The van der Waals surface area contributed by atoms with Crippen LogP contribution in [-0.4, -0.2) is 51.3 Å². The minimum atomic E-state index is 0.196. The molecule has 0 aromatic heterocycles. The summed E-state index contributed by atoms with van der Waals surface area (Å²) in [6.07, 6.45) is 6.72. The van der Waals surface area contributed by atoms with Crippen molar-refractivity contribution in [2.24, 2.45) is 16.8 Å². The molecule has 3 N–H and O–H groups in total. The Kier molecular flexibility index (Phi) is 10.1. The molecule has 0 spiro atoms. The summed E-state index contributed by atoms with van der Waals surface area (Å²) in [5.74, 6) is 2.50. The largest absolute Gasteiger partial charge is 0.493 e. The van der Waals surface area contributed by atoms with Gasteiger partial charge in [-0.2, -0.15) is 0 Å². The molecule has 2 fully saturated rings. The molecule has 2 aliphatic rings. The number of hydrogen-bond acceptors (Lipinski definition) is 4. The maximum absolute atomic E-state index is 12.3. The van der Waals surface area contributed by atoms with Crippen LogP contribution < -0.4 is 20.7 Å². The van der Waals surface area contributed by atoms with Gasteiger partial charge >= 0.3 is 0 Å². The van der Waals surface area contributed by atoms with Gasteiger partial charge in [-0.25, -0.2) is 4.99 Å². The molecule has 1 amide bonds. The molecule has 32 heavy (non-hydrogen) atoms. The molecule has 178 valence electrons. The Balaban J connectivity index is 1.48. The zero-order valence-corrected chi connectivity index (χ0v) is 19.8. The van der Waals surface area contributed by atoms with Gasteiger partial charge in [0.2, 0.25) is 5.91 Å². The van der Waals surface area contributed by atoms with Gasteiger partial charge in [-0.1, -0.05) is 31.4 Å². The topological polar surface area (TPSA) is 84.0 Å². The first-order chi connectivity index (χ1) is 15.7. The van der Waals surface area contributed by atoms with Crippen molar-refractivity contribution in [3.63, 3.8) is 0 Å². The SMILES string of the molecule is CCNC(=NCc1ccc(C)cc1OCC1CCOC1)NCCNC(=O)C1CCCCC1. The fourth-order valence-electron chi connectivity index (χ4n) is 4.23. The van der Waals surface area contributed by atoms with Crippen molar-refractivity contribution in [3.8, 4) is 5.75 Å².